The summed E-state index contributed by atoms with van der Waals surface area (Å²) >= 11 is 1.20. The van der Waals surface area contributed by atoms with E-state index in [1.165, 1.54) is 25.6 Å². The first-order valence-electron chi connectivity index (χ1n) is 11.1. The lowest BCUT2D eigenvalue weighted by Crippen LogP contribution is -2.46. The van der Waals surface area contributed by atoms with E-state index in [9.17, 15) is 19.2 Å². The van der Waals surface area contributed by atoms with E-state index in [4.69, 9.17) is 19.7 Å². The number of rotatable bonds is 10. The number of nitrogens with zero attached hydrogens (tertiary/aromatic N) is 2. The molecular weight excluding hydrogens is 506 g/mol. The summed E-state index contributed by atoms with van der Waals surface area (Å²) in [6.07, 6.45) is 1.12. The molecule has 200 valence electrons. The smallest absolute Gasteiger partial charge is 0.328 e. The fraction of sp³-hybridized carbons (Fsp3) is 0.348. The molecule has 0 saturated carbocycles. The van der Waals surface area contributed by atoms with E-state index in [-0.39, 0.29) is 17.5 Å². The average Bonchev–Trinajstić information content (AvgIpc) is 3.36. The van der Waals surface area contributed by atoms with E-state index in [1.807, 2.05) is 0 Å². The lowest BCUT2D eigenvalue weighted by molar-refractivity contribution is -0.134. The molecule has 13 nitrogen and oxygen atoms in total. The molecule has 1 saturated heterocycles. The Kier molecular flexibility index (Phi) is 12.0. The highest BCUT2D eigenvalue weighted by Gasteiger charge is 2.16. The van der Waals surface area contributed by atoms with E-state index in [0.29, 0.717) is 40.9 Å². The summed E-state index contributed by atoms with van der Waals surface area (Å²) in [7, 11) is 3.04. The van der Waals surface area contributed by atoms with Gasteiger partial charge < -0.3 is 30.3 Å². The largest absolute Gasteiger partial charge is 0.493 e. The number of anilines is 1. The highest BCUT2D eigenvalue weighted by molar-refractivity contribution is 7.14. The van der Waals surface area contributed by atoms with Gasteiger partial charge in [-0.25, -0.2) is 14.6 Å². The normalized spacial score (nSPS) is 13.2. The number of thiazole rings is 1. The molecule has 2 heterocycles. The molecule has 14 heteroatoms. The zero-order valence-electron chi connectivity index (χ0n) is 20.4. The summed E-state index contributed by atoms with van der Waals surface area (Å²) in [6.45, 7) is 5.29. The van der Waals surface area contributed by atoms with Gasteiger partial charge in [0.1, 0.15) is 5.69 Å². The highest BCUT2D eigenvalue weighted by atomic mass is 32.1. The molecule has 0 aliphatic carbocycles. The zero-order valence-corrected chi connectivity index (χ0v) is 21.2. The van der Waals surface area contributed by atoms with Gasteiger partial charge in [0.15, 0.2) is 16.6 Å². The summed E-state index contributed by atoms with van der Waals surface area (Å²) in [4.78, 5) is 50.3. The maximum atomic E-state index is 12.5. The van der Waals surface area contributed by atoms with Crippen LogP contribution < -0.4 is 25.4 Å². The number of carboxylic acid groups (broad SMARTS) is 2. The van der Waals surface area contributed by atoms with Crippen LogP contribution in [0.3, 0.4) is 0 Å². The van der Waals surface area contributed by atoms with E-state index in [2.05, 4.69) is 25.8 Å². The standard InChI is InChI=1S/C19H25N5O4S.C4H4O4/c1-27-15-4-3-13(11-16(15)28-2)17(25)23-19-22-14(12-29-19)18(26)21-7-10-24-8-5-20-6-9-24;5-3(6)1-2-4(7)8/h3-4,11-12,20H,5-10H2,1-2H3,(H,21,26)(H,22,23,25);1-2H,(H,5,6)(H,7,8)/b;2-1-. The number of aliphatic carboxylic acids is 2. The molecule has 37 heavy (non-hydrogen) atoms. The summed E-state index contributed by atoms with van der Waals surface area (Å²) in [6, 6.07) is 4.88. The number of aromatic nitrogens is 1. The third-order valence-electron chi connectivity index (χ3n) is 4.89. The van der Waals surface area contributed by atoms with Gasteiger partial charge in [0, 0.05) is 62.4 Å². The Balaban J connectivity index is 0.000000521. The zero-order chi connectivity index (χ0) is 27.2. The van der Waals surface area contributed by atoms with Crippen molar-refractivity contribution in [3.8, 4) is 11.5 Å². The Labute approximate surface area is 217 Å². The van der Waals surface area contributed by atoms with E-state index < -0.39 is 11.9 Å². The molecule has 5 N–H and O–H groups in total. The van der Waals surface area contributed by atoms with E-state index in [1.54, 1.807) is 23.6 Å². The highest BCUT2D eigenvalue weighted by Crippen LogP contribution is 2.28. The van der Waals surface area contributed by atoms with Gasteiger partial charge in [-0.2, -0.15) is 0 Å². The van der Waals surface area contributed by atoms with Crippen LogP contribution in [0.15, 0.2) is 35.7 Å². The lowest BCUT2D eigenvalue weighted by atomic mass is 10.2. The maximum Gasteiger partial charge on any atom is 0.328 e. The van der Waals surface area contributed by atoms with Crippen LogP contribution in [-0.4, -0.2) is 97.3 Å². The molecule has 2 amide bonds. The summed E-state index contributed by atoms with van der Waals surface area (Å²) in [5.41, 5.74) is 0.692. The first-order valence-corrected chi connectivity index (χ1v) is 12.0. The molecule has 3 rings (SSSR count). The SMILES string of the molecule is COc1ccc(C(=O)Nc2nc(C(=O)NCCN3CCNCC3)cs2)cc1OC.O=C(O)/C=C\C(=O)O. The molecule has 1 aliphatic heterocycles. The van der Waals surface area contributed by atoms with Gasteiger partial charge in [0.2, 0.25) is 0 Å². The topological polar surface area (TPSA) is 179 Å². The van der Waals surface area contributed by atoms with Crippen molar-refractivity contribution in [3.63, 3.8) is 0 Å². The first kappa shape index (κ1) is 29.2. The van der Waals surface area contributed by atoms with Crippen LogP contribution in [0.2, 0.25) is 0 Å². The molecule has 0 atom stereocenters. The summed E-state index contributed by atoms with van der Waals surface area (Å²) in [5, 5.41) is 26.5. The van der Waals surface area contributed by atoms with Crippen molar-refractivity contribution in [2.45, 2.75) is 0 Å². The van der Waals surface area contributed by atoms with Gasteiger partial charge in [-0.15, -0.1) is 11.3 Å². The molecule has 0 spiro atoms. The monoisotopic (exact) mass is 535 g/mol. The average molecular weight is 536 g/mol. The number of amides is 2. The molecule has 1 aromatic carbocycles. The van der Waals surface area contributed by atoms with Crippen molar-refractivity contribution < 1.29 is 38.9 Å². The summed E-state index contributed by atoms with van der Waals surface area (Å²) < 4.78 is 10.4. The Morgan fingerprint density at radius 1 is 1.05 bits per heavy atom. The molecule has 0 radical (unpaired) electrons. The number of hydrogen-bond donors (Lipinski definition) is 5. The minimum absolute atomic E-state index is 0.247. The second-order valence-electron chi connectivity index (χ2n) is 7.42. The van der Waals surface area contributed by atoms with Crippen LogP contribution in [-0.2, 0) is 9.59 Å². The van der Waals surface area contributed by atoms with Crippen molar-refractivity contribution in [1.82, 2.24) is 20.5 Å². The van der Waals surface area contributed by atoms with Crippen molar-refractivity contribution in [2.24, 2.45) is 0 Å². The number of hydrogen-bond acceptors (Lipinski definition) is 10. The Morgan fingerprint density at radius 2 is 1.70 bits per heavy atom. The number of benzene rings is 1. The van der Waals surface area contributed by atoms with Crippen molar-refractivity contribution in [1.29, 1.82) is 0 Å². The second kappa shape index (κ2) is 15.2. The number of methoxy groups -OCH3 is 2. The number of carbonyl (C=O) groups excluding carboxylic acids is 2. The third kappa shape index (κ3) is 10.2. The van der Waals surface area contributed by atoms with E-state index in [0.717, 1.165) is 32.7 Å². The molecule has 0 bridgehead atoms. The fourth-order valence-corrected chi connectivity index (χ4v) is 3.76. The van der Waals surface area contributed by atoms with Crippen LogP contribution in [0.1, 0.15) is 20.8 Å². The molecular formula is C23H29N5O8S. The minimum Gasteiger partial charge on any atom is -0.493 e. The van der Waals surface area contributed by atoms with Gasteiger partial charge in [0.25, 0.3) is 11.8 Å². The summed E-state index contributed by atoms with van der Waals surface area (Å²) in [5.74, 6) is -2.10. The van der Waals surface area contributed by atoms with E-state index >= 15 is 0 Å². The number of carbonyl (C=O) groups is 4. The third-order valence-corrected chi connectivity index (χ3v) is 5.65. The van der Waals surface area contributed by atoms with Crippen molar-refractivity contribution >= 4 is 40.2 Å². The quantitative estimate of drug-likeness (QED) is 0.271. The fourth-order valence-electron chi connectivity index (χ4n) is 3.08. The predicted molar refractivity (Wildman–Crippen MR) is 136 cm³/mol. The van der Waals surface area contributed by atoms with Crippen LogP contribution in [0.5, 0.6) is 11.5 Å². The number of piperazine rings is 1. The first-order chi connectivity index (χ1) is 17.7. The van der Waals surface area contributed by atoms with Crippen molar-refractivity contribution in [2.75, 3.05) is 58.8 Å². The van der Waals surface area contributed by atoms with Gasteiger partial charge >= 0.3 is 11.9 Å². The van der Waals surface area contributed by atoms with Gasteiger partial charge in [0.05, 0.1) is 14.2 Å². The van der Waals surface area contributed by atoms with Crippen LogP contribution in [0, 0.1) is 0 Å². The molecule has 2 aromatic rings. The molecule has 1 aromatic heterocycles. The second-order valence-corrected chi connectivity index (χ2v) is 8.28. The molecule has 1 fully saturated rings. The molecule has 1 aliphatic rings. The van der Waals surface area contributed by atoms with Gasteiger partial charge in [-0.3, -0.25) is 19.8 Å². The molecule has 0 unspecified atom stereocenters. The maximum absolute atomic E-state index is 12.5. The van der Waals surface area contributed by atoms with Gasteiger partial charge in [-0.1, -0.05) is 0 Å². The van der Waals surface area contributed by atoms with Gasteiger partial charge in [-0.05, 0) is 18.2 Å². The van der Waals surface area contributed by atoms with Crippen LogP contribution in [0.25, 0.3) is 0 Å². The number of ether oxygens (including phenoxy) is 2. The Bertz CT molecular complexity index is 1100. The number of carboxylic acids is 2. The predicted octanol–water partition coefficient (Wildman–Crippen LogP) is 0.759. The van der Waals surface area contributed by atoms with Crippen LogP contribution in [0.4, 0.5) is 5.13 Å². The Hall–Kier alpha value is -4.01. The number of nitrogens with one attached hydrogen (secondary N) is 3. The minimum atomic E-state index is -1.26. The Morgan fingerprint density at radius 3 is 2.30 bits per heavy atom. The van der Waals surface area contributed by atoms with Crippen LogP contribution >= 0.6 is 11.3 Å². The lowest BCUT2D eigenvalue weighted by Gasteiger charge is -2.26. The van der Waals surface area contributed by atoms with Crippen molar-refractivity contribution in [3.05, 3.63) is 47.0 Å².